The summed E-state index contributed by atoms with van der Waals surface area (Å²) in [6.45, 7) is 0. The molecule has 1 aromatic carbocycles. The van der Waals surface area contributed by atoms with E-state index in [4.69, 9.17) is 23.2 Å². The maximum Gasteiger partial charge on any atom is 0.243 e. The molecule has 0 saturated heterocycles. The standard InChI is InChI=1S/C11H8Cl2N4/c12-9-3-1-4-10(13)8(9)7-16-17-11-14-5-2-6-15-11/h1-7H,(H,14,15,17)/b16-7+. The van der Waals surface area contributed by atoms with Gasteiger partial charge < -0.3 is 0 Å². The van der Waals surface area contributed by atoms with Crippen LogP contribution in [0.15, 0.2) is 41.8 Å². The van der Waals surface area contributed by atoms with E-state index in [1.807, 2.05) is 0 Å². The van der Waals surface area contributed by atoms with Gasteiger partial charge in [-0.1, -0.05) is 29.3 Å². The molecule has 6 heteroatoms. The van der Waals surface area contributed by atoms with Crippen LogP contribution in [0.1, 0.15) is 5.56 Å². The quantitative estimate of drug-likeness (QED) is 0.686. The van der Waals surface area contributed by atoms with Gasteiger partial charge in [0.2, 0.25) is 5.95 Å². The minimum absolute atomic E-state index is 0.409. The van der Waals surface area contributed by atoms with Gasteiger partial charge in [0.25, 0.3) is 0 Å². The van der Waals surface area contributed by atoms with Crippen molar-refractivity contribution in [3.63, 3.8) is 0 Å². The molecule has 2 rings (SSSR count). The Bertz CT molecular complexity index is 508. The summed E-state index contributed by atoms with van der Waals surface area (Å²) in [5, 5.41) is 5.04. The fourth-order valence-corrected chi connectivity index (χ4v) is 1.64. The van der Waals surface area contributed by atoms with Gasteiger partial charge in [-0.3, -0.25) is 0 Å². The molecule has 0 saturated carbocycles. The molecule has 0 bridgehead atoms. The fourth-order valence-electron chi connectivity index (χ4n) is 1.15. The van der Waals surface area contributed by atoms with Gasteiger partial charge in [0.15, 0.2) is 0 Å². The van der Waals surface area contributed by atoms with E-state index in [1.165, 1.54) is 6.21 Å². The molecular weight excluding hydrogens is 259 g/mol. The monoisotopic (exact) mass is 266 g/mol. The largest absolute Gasteiger partial charge is 0.245 e. The van der Waals surface area contributed by atoms with E-state index in [1.54, 1.807) is 36.7 Å². The van der Waals surface area contributed by atoms with Gasteiger partial charge in [0, 0.05) is 18.0 Å². The summed E-state index contributed by atoms with van der Waals surface area (Å²) in [4.78, 5) is 7.91. The second-order valence-electron chi connectivity index (χ2n) is 3.08. The number of rotatable bonds is 3. The van der Waals surface area contributed by atoms with Crippen LogP contribution in [0.5, 0.6) is 0 Å². The van der Waals surface area contributed by atoms with Gasteiger partial charge in [0.1, 0.15) is 0 Å². The number of nitrogens with zero attached hydrogens (tertiary/aromatic N) is 3. The van der Waals surface area contributed by atoms with Crippen molar-refractivity contribution in [2.24, 2.45) is 5.10 Å². The average molecular weight is 267 g/mol. The molecule has 0 aliphatic heterocycles. The number of hydrogen-bond donors (Lipinski definition) is 1. The third kappa shape index (κ3) is 3.15. The molecule has 0 aliphatic rings. The number of hydrogen-bond acceptors (Lipinski definition) is 4. The molecule has 0 unspecified atom stereocenters. The predicted octanol–water partition coefficient (Wildman–Crippen LogP) is 3.23. The molecule has 1 N–H and O–H groups in total. The lowest BCUT2D eigenvalue weighted by atomic mass is 10.2. The summed E-state index contributed by atoms with van der Waals surface area (Å²) in [6.07, 6.45) is 4.77. The number of nitrogens with one attached hydrogen (secondary N) is 1. The zero-order valence-corrected chi connectivity index (χ0v) is 10.2. The molecule has 0 fully saturated rings. The lowest BCUT2D eigenvalue weighted by Crippen LogP contribution is -1.96. The smallest absolute Gasteiger partial charge is 0.243 e. The van der Waals surface area contributed by atoms with Crippen LogP contribution in [0.3, 0.4) is 0 Å². The first-order valence-electron chi connectivity index (χ1n) is 4.77. The molecule has 0 amide bonds. The van der Waals surface area contributed by atoms with Gasteiger partial charge in [-0.25, -0.2) is 15.4 Å². The fraction of sp³-hybridized carbons (Fsp3) is 0. The summed E-state index contributed by atoms with van der Waals surface area (Å²) in [5.74, 6) is 0.409. The highest BCUT2D eigenvalue weighted by molar-refractivity contribution is 6.38. The molecule has 0 radical (unpaired) electrons. The highest BCUT2D eigenvalue weighted by atomic mass is 35.5. The highest BCUT2D eigenvalue weighted by Gasteiger charge is 2.01. The summed E-state index contributed by atoms with van der Waals surface area (Å²) in [6, 6.07) is 6.98. The molecule has 4 nitrogen and oxygen atoms in total. The second kappa shape index (κ2) is 5.61. The number of hydrazone groups is 1. The first-order valence-corrected chi connectivity index (χ1v) is 5.53. The summed E-state index contributed by atoms with van der Waals surface area (Å²) in [5.41, 5.74) is 3.33. The molecule has 2 aromatic rings. The molecule has 1 aromatic heterocycles. The number of aromatic nitrogens is 2. The molecular formula is C11H8Cl2N4. The van der Waals surface area contributed by atoms with E-state index in [0.717, 1.165) is 0 Å². The Morgan fingerprint density at radius 3 is 2.35 bits per heavy atom. The van der Waals surface area contributed by atoms with Crippen LogP contribution in [-0.4, -0.2) is 16.2 Å². The molecule has 17 heavy (non-hydrogen) atoms. The van der Waals surface area contributed by atoms with Gasteiger partial charge in [-0.15, -0.1) is 0 Å². The van der Waals surface area contributed by atoms with Crippen molar-refractivity contribution in [3.05, 3.63) is 52.3 Å². The number of benzene rings is 1. The highest BCUT2D eigenvalue weighted by Crippen LogP contribution is 2.22. The van der Waals surface area contributed by atoms with E-state index < -0.39 is 0 Å². The number of halogens is 2. The topological polar surface area (TPSA) is 50.2 Å². The van der Waals surface area contributed by atoms with E-state index in [9.17, 15) is 0 Å². The molecule has 0 spiro atoms. The van der Waals surface area contributed by atoms with Crippen molar-refractivity contribution in [3.8, 4) is 0 Å². The van der Waals surface area contributed by atoms with Crippen LogP contribution >= 0.6 is 23.2 Å². The van der Waals surface area contributed by atoms with Crippen molar-refractivity contribution >= 4 is 35.4 Å². The van der Waals surface area contributed by atoms with Crippen LogP contribution in [-0.2, 0) is 0 Å². The summed E-state index contributed by atoms with van der Waals surface area (Å²) < 4.78 is 0. The Morgan fingerprint density at radius 2 is 1.71 bits per heavy atom. The first-order chi connectivity index (χ1) is 8.27. The lowest BCUT2D eigenvalue weighted by Gasteiger charge is -2.00. The van der Waals surface area contributed by atoms with Gasteiger partial charge in [-0.05, 0) is 18.2 Å². The van der Waals surface area contributed by atoms with Crippen LogP contribution in [0.4, 0.5) is 5.95 Å². The van der Waals surface area contributed by atoms with Crippen LogP contribution < -0.4 is 5.43 Å². The van der Waals surface area contributed by atoms with E-state index in [0.29, 0.717) is 21.6 Å². The molecule has 0 aliphatic carbocycles. The van der Waals surface area contributed by atoms with Crippen molar-refractivity contribution < 1.29 is 0 Å². The third-order valence-corrected chi connectivity index (χ3v) is 2.58. The van der Waals surface area contributed by atoms with E-state index >= 15 is 0 Å². The lowest BCUT2D eigenvalue weighted by molar-refractivity contribution is 1.12. The maximum atomic E-state index is 5.98. The van der Waals surface area contributed by atoms with E-state index in [2.05, 4.69) is 20.5 Å². The minimum Gasteiger partial charge on any atom is -0.245 e. The Balaban J connectivity index is 2.11. The molecule has 1 heterocycles. The second-order valence-corrected chi connectivity index (χ2v) is 3.89. The van der Waals surface area contributed by atoms with Crippen LogP contribution in [0, 0.1) is 0 Å². The zero-order chi connectivity index (χ0) is 12.1. The molecule has 86 valence electrons. The van der Waals surface area contributed by atoms with Crippen LogP contribution in [0.2, 0.25) is 10.0 Å². The van der Waals surface area contributed by atoms with Crippen molar-refractivity contribution in [1.82, 2.24) is 9.97 Å². The van der Waals surface area contributed by atoms with Gasteiger partial charge in [-0.2, -0.15) is 5.10 Å². The van der Waals surface area contributed by atoms with Crippen molar-refractivity contribution in [2.75, 3.05) is 5.43 Å². The number of anilines is 1. The van der Waals surface area contributed by atoms with Crippen molar-refractivity contribution in [2.45, 2.75) is 0 Å². The minimum atomic E-state index is 0.409. The molecule has 0 atom stereocenters. The third-order valence-electron chi connectivity index (χ3n) is 1.92. The summed E-state index contributed by atoms with van der Waals surface area (Å²) in [7, 11) is 0. The van der Waals surface area contributed by atoms with Crippen molar-refractivity contribution in [1.29, 1.82) is 0 Å². The maximum absolute atomic E-state index is 5.98. The Labute approximate surface area is 108 Å². The van der Waals surface area contributed by atoms with E-state index in [-0.39, 0.29) is 0 Å². The Kier molecular flexibility index (Phi) is 3.90. The SMILES string of the molecule is Clc1cccc(Cl)c1/C=N/Nc1ncccn1. The summed E-state index contributed by atoms with van der Waals surface area (Å²) >= 11 is 12.0. The first kappa shape index (κ1) is 11.8. The van der Waals surface area contributed by atoms with Gasteiger partial charge in [0.05, 0.1) is 16.3 Å². The normalized spacial score (nSPS) is 10.7. The average Bonchev–Trinajstić information content (AvgIpc) is 2.34. The zero-order valence-electron chi connectivity index (χ0n) is 8.64. The van der Waals surface area contributed by atoms with Gasteiger partial charge >= 0.3 is 0 Å². The Hall–Kier alpha value is -1.65. The Morgan fingerprint density at radius 1 is 1.06 bits per heavy atom. The van der Waals surface area contributed by atoms with Crippen LogP contribution in [0.25, 0.3) is 0 Å². The predicted molar refractivity (Wildman–Crippen MR) is 69.7 cm³/mol.